The molecule has 11 heavy (non-hydrogen) atoms. The topological polar surface area (TPSA) is 26.0 Å². The normalized spacial score (nSPS) is 10.2. The van der Waals surface area contributed by atoms with Gasteiger partial charge < -0.3 is 5.73 Å². The molecule has 0 radical (unpaired) electrons. The number of nitrogens with two attached hydrogens (primary N) is 1. The van der Waals surface area contributed by atoms with Crippen LogP contribution in [0.25, 0.3) is 0 Å². The van der Waals surface area contributed by atoms with Crippen LogP contribution >= 0.6 is 15.9 Å². The molecule has 0 saturated heterocycles. The average Bonchev–Trinajstić information content (AvgIpc) is 1.96. The largest absolute Gasteiger partial charge is 0.326 e. The SMILES string of the molecule is Cc1cc(Br)c(C)c(CN)c1. The van der Waals surface area contributed by atoms with Crippen molar-refractivity contribution in [2.75, 3.05) is 0 Å². The summed E-state index contributed by atoms with van der Waals surface area (Å²) >= 11 is 3.48. The van der Waals surface area contributed by atoms with Crippen LogP contribution in [0.4, 0.5) is 0 Å². The Morgan fingerprint density at radius 3 is 2.55 bits per heavy atom. The van der Waals surface area contributed by atoms with Crippen molar-refractivity contribution < 1.29 is 0 Å². The van der Waals surface area contributed by atoms with E-state index in [-0.39, 0.29) is 0 Å². The summed E-state index contributed by atoms with van der Waals surface area (Å²) in [6.07, 6.45) is 0. The molecule has 0 aliphatic heterocycles. The van der Waals surface area contributed by atoms with Crippen molar-refractivity contribution in [3.63, 3.8) is 0 Å². The minimum Gasteiger partial charge on any atom is -0.326 e. The molecule has 0 fully saturated rings. The van der Waals surface area contributed by atoms with Gasteiger partial charge in [0.25, 0.3) is 0 Å². The fraction of sp³-hybridized carbons (Fsp3) is 0.333. The van der Waals surface area contributed by atoms with Crippen LogP contribution in [0, 0.1) is 13.8 Å². The van der Waals surface area contributed by atoms with Gasteiger partial charge in [-0.1, -0.05) is 22.0 Å². The summed E-state index contributed by atoms with van der Waals surface area (Å²) in [4.78, 5) is 0. The van der Waals surface area contributed by atoms with E-state index in [1.165, 1.54) is 16.7 Å². The maximum absolute atomic E-state index is 5.57. The van der Waals surface area contributed by atoms with Crippen molar-refractivity contribution in [2.45, 2.75) is 20.4 Å². The number of aryl methyl sites for hydroxylation is 1. The van der Waals surface area contributed by atoms with E-state index >= 15 is 0 Å². The van der Waals surface area contributed by atoms with Crippen molar-refractivity contribution in [1.29, 1.82) is 0 Å². The summed E-state index contributed by atoms with van der Waals surface area (Å²) in [7, 11) is 0. The Morgan fingerprint density at radius 1 is 1.36 bits per heavy atom. The minimum atomic E-state index is 0.617. The van der Waals surface area contributed by atoms with Crippen LogP contribution < -0.4 is 5.73 Å². The first-order valence-corrected chi connectivity index (χ1v) is 4.40. The van der Waals surface area contributed by atoms with Gasteiger partial charge in [0.1, 0.15) is 0 Å². The Hall–Kier alpha value is -0.340. The lowest BCUT2D eigenvalue weighted by Crippen LogP contribution is -1.99. The van der Waals surface area contributed by atoms with Crippen LogP contribution in [0.5, 0.6) is 0 Å². The van der Waals surface area contributed by atoms with Crippen molar-refractivity contribution in [3.8, 4) is 0 Å². The molecule has 0 aromatic heterocycles. The zero-order valence-corrected chi connectivity index (χ0v) is 8.40. The van der Waals surface area contributed by atoms with E-state index < -0.39 is 0 Å². The van der Waals surface area contributed by atoms with Crippen LogP contribution in [0.1, 0.15) is 16.7 Å². The molecule has 1 nitrogen and oxygen atoms in total. The van der Waals surface area contributed by atoms with Crippen molar-refractivity contribution in [3.05, 3.63) is 33.3 Å². The van der Waals surface area contributed by atoms with Crippen molar-refractivity contribution in [1.82, 2.24) is 0 Å². The van der Waals surface area contributed by atoms with Crippen LogP contribution in [-0.2, 0) is 6.54 Å². The zero-order valence-electron chi connectivity index (χ0n) is 6.82. The van der Waals surface area contributed by atoms with Crippen LogP contribution in [0.15, 0.2) is 16.6 Å². The first-order chi connectivity index (χ1) is 5.15. The number of hydrogen-bond donors (Lipinski definition) is 1. The molecule has 0 amide bonds. The van der Waals surface area contributed by atoms with Crippen molar-refractivity contribution >= 4 is 15.9 Å². The second kappa shape index (κ2) is 3.37. The molecule has 1 rings (SSSR count). The molecule has 0 aliphatic rings. The van der Waals surface area contributed by atoms with E-state index in [9.17, 15) is 0 Å². The summed E-state index contributed by atoms with van der Waals surface area (Å²) < 4.78 is 1.15. The molecule has 2 heteroatoms. The van der Waals surface area contributed by atoms with Gasteiger partial charge in [-0.25, -0.2) is 0 Å². The van der Waals surface area contributed by atoms with Crippen LogP contribution in [0.2, 0.25) is 0 Å². The molecule has 0 saturated carbocycles. The molecular weight excluding hydrogens is 202 g/mol. The van der Waals surface area contributed by atoms with E-state index in [0.717, 1.165) is 4.47 Å². The fourth-order valence-electron chi connectivity index (χ4n) is 1.10. The third-order valence-corrected chi connectivity index (χ3v) is 2.64. The lowest BCUT2D eigenvalue weighted by Gasteiger charge is -2.06. The maximum atomic E-state index is 5.57. The summed E-state index contributed by atoms with van der Waals surface area (Å²) in [5, 5.41) is 0. The van der Waals surface area contributed by atoms with Gasteiger partial charge in [-0.05, 0) is 36.6 Å². The zero-order chi connectivity index (χ0) is 8.43. The number of halogens is 1. The second-order valence-electron chi connectivity index (χ2n) is 2.73. The average molecular weight is 214 g/mol. The van der Waals surface area contributed by atoms with Gasteiger partial charge >= 0.3 is 0 Å². The third kappa shape index (κ3) is 1.82. The molecule has 0 heterocycles. The lowest BCUT2D eigenvalue weighted by atomic mass is 10.1. The molecule has 0 spiro atoms. The quantitative estimate of drug-likeness (QED) is 0.763. The van der Waals surface area contributed by atoms with Gasteiger partial charge in [0.2, 0.25) is 0 Å². The summed E-state index contributed by atoms with van der Waals surface area (Å²) in [6.45, 7) is 4.77. The Kier molecular flexibility index (Phi) is 2.68. The molecule has 1 aromatic carbocycles. The standard InChI is InChI=1S/C9H12BrN/c1-6-3-8(5-11)7(2)9(10)4-6/h3-4H,5,11H2,1-2H3. The smallest absolute Gasteiger partial charge is 0.0210 e. The predicted molar refractivity (Wildman–Crippen MR) is 51.5 cm³/mol. The van der Waals surface area contributed by atoms with Crippen molar-refractivity contribution in [2.24, 2.45) is 5.73 Å². The van der Waals surface area contributed by atoms with Gasteiger partial charge in [0.15, 0.2) is 0 Å². The third-order valence-electron chi connectivity index (χ3n) is 1.82. The van der Waals surface area contributed by atoms with Crippen LogP contribution in [0.3, 0.4) is 0 Å². The van der Waals surface area contributed by atoms with Gasteiger partial charge in [-0.3, -0.25) is 0 Å². The highest BCUT2D eigenvalue weighted by Crippen LogP contribution is 2.21. The second-order valence-corrected chi connectivity index (χ2v) is 3.59. The molecule has 2 N–H and O–H groups in total. The minimum absolute atomic E-state index is 0.617. The number of hydrogen-bond acceptors (Lipinski definition) is 1. The monoisotopic (exact) mass is 213 g/mol. The van der Waals surface area contributed by atoms with Crippen LogP contribution in [-0.4, -0.2) is 0 Å². The van der Waals surface area contributed by atoms with E-state index in [1.54, 1.807) is 0 Å². The molecule has 1 aromatic rings. The fourth-order valence-corrected chi connectivity index (χ4v) is 1.71. The summed E-state index contributed by atoms with van der Waals surface area (Å²) in [6, 6.07) is 4.23. The molecular formula is C9H12BrN. The molecule has 0 bridgehead atoms. The van der Waals surface area contributed by atoms with Gasteiger partial charge in [0.05, 0.1) is 0 Å². The molecule has 0 aliphatic carbocycles. The summed E-state index contributed by atoms with van der Waals surface area (Å²) in [5.74, 6) is 0. The van der Waals surface area contributed by atoms with E-state index in [1.807, 2.05) is 0 Å². The van der Waals surface area contributed by atoms with E-state index in [2.05, 4.69) is 41.9 Å². The maximum Gasteiger partial charge on any atom is 0.0210 e. The Bertz CT molecular complexity index is 269. The highest BCUT2D eigenvalue weighted by atomic mass is 79.9. The van der Waals surface area contributed by atoms with E-state index in [4.69, 9.17) is 5.73 Å². The van der Waals surface area contributed by atoms with Gasteiger partial charge in [-0.2, -0.15) is 0 Å². The first-order valence-electron chi connectivity index (χ1n) is 3.61. The Morgan fingerprint density at radius 2 is 2.00 bits per heavy atom. The lowest BCUT2D eigenvalue weighted by molar-refractivity contribution is 1.04. The summed E-state index contributed by atoms with van der Waals surface area (Å²) in [5.41, 5.74) is 9.29. The van der Waals surface area contributed by atoms with E-state index in [0.29, 0.717) is 6.54 Å². The Labute approximate surface area is 75.7 Å². The number of benzene rings is 1. The highest BCUT2D eigenvalue weighted by Gasteiger charge is 2.00. The highest BCUT2D eigenvalue weighted by molar-refractivity contribution is 9.10. The number of rotatable bonds is 1. The molecule has 0 unspecified atom stereocenters. The first kappa shape index (κ1) is 8.75. The molecule has 0 atom stereocenters. The molecule has 60 valence electrons. The predicted octanol–water partition coefficient (Wildman–Crippen LogP) is 2.52. The van der Waals surface area contributed by atoms with Gasteiger partial charge in [0, 0.05) is 11.0 Å². The Balaban J connectivity index is 3.24. The van der Waals surface area contributed by atoms with Gasteiger partial charge in [-0.15, -0.1) is 0 Å².